The lowest BCUT2D eigenvalue weighted by atomic mass is 9.65. The first-order valence-electron chi connectivity index (χ1n) is 16.5. The largest absolute Gasteiger partial charge is 0.363 e. The summed E-state index contributed by atoms with van der Waals surface area (Å²) in [4.78, 5) is 7.42. The lowest BCUT2D eigenvalue weighted by Crippen LogP contribution is -2.48. The number of hydrogen-bond donors (Lipinski definition) is 0. The first-order valence-corrected chi connectivity index (χ1v) is 16.5. The average molecular weight is 558 g/mol. The van der Waals surface area contributed by atoms with Crippen LogP contribution in [0, 0.1) is 46.8 Å². The number of allylic oxidation sites excluding steroid dienone is 9. The van der Waals surface area contributed by atoms with Gasteiger partial charge in [-0.1, -0.05) is 67.7 Å². The van der Waals surface area contributed by atoms with E-state index in [9.17, 15) is 5.26 Å². The zero-order valence-corrected chi connectivity index (χ0v) is 25.0. The van der Waals surface area contributed by atoms with Crippen molar-refractivity contribution in [3.63, 3.8) is 0 Å². The summed E-state index contributed by atoms with van der Waals surface area (Å²) in [6, 6.07) is 3.33. The monoisotopic (exact) mass is 557 g/mol. The fourth-order valence-electron chi connectivity index (χ4n) is 9.87. The van der Waals surface area contributed by atoms with Gasteiger partial charge in [-0.25, -0.2) is 0 Å². The van der Waals surface area contributed by atoms with Crippen LogP contribution in [-0.4, -0.2) is 41.4 Å². The van der Waals surface area contributed by atoms with Gasteiger partial charge in [0.15, 0.2) is 0 Å². The van der Waals surface area contributed by atoms with Crippen molar-refractivity contribution in [1.29, 1.82) is 5.26 Å². The minimum Gasteiger partial charge on any atom is -0.363 e. The Labute approximate surface area is 251 Å². The molecule has 1 saturated carbocycles. The molecule has 0 radical (unpaired) electrons. The van der Waals surface area contributed by atoms with E-state index < -0.39 is 0 Å². The molecule has 0 aromatic heterocycles. The molecular formula is C38H43N3O. The molecule has 3 heterocycles. The SMILES string of the molecule is CC1CCC2C3=C(C=CC4OC5(C)C=CCCC5C34)N(C3C=CC=CC3C3C=C(C4=C(C#N)CCN=C4)C=CC3)C2C1. The van der Waals surface area contributed by atoms with E-state index in [1.807, 2.05) is 6.21 Å². The van der Waals surface area contributed by atoms with Gasteiger partial charge < -0.3 is 9.64 Å². The second-order valence-electron chi connectivity index (χ2n) is 14.1. The maximum Gasteiger partial charge on any atom is 0.0954 e. The molecule has 2 fully saturated rings. The standard InChI is InChI=1S/C38H43N3O/c1-24-13-14-29-34(20-24)41(33-15-16-35-37(36(29)33)31-11-5-6-18-38(31,2)42-35)32-12-4-3-10-28(32)25-8-7-9-26(21-25)30-23-40-19-17-27(30)22-39/h3-4,6-7,9-10,12,15-16,18,21,23-25,28-29,31-32,34-35,37H,5,8,11,13-14,17,19-20H2,1-2H3. The van der Waals surface area contributed by atoms with Gasteiger partial charge in [0.2, 0.25) is 0 Å². The Morgan fingerprint density at radius 3 is 2.90 bits per heavy atom. The molecule has 8 rings (SSSR count). The third-order valence-electron chi connectivity index (χ3n) is 11.8. The van der Waals surface area contributed by atoms with Gasteiger partial charge in [-0.3, -0.25) is 4.99 Å². The molecule has 0 aromatic carbocycles. The zero-order valence-electron chi connectivity index (χ0n) is 25.0. The summed E-state index contributed by atoms with van der Waals surface area (Å²) >= 11 is 0. The van der Waals surface area contributed by atoms with Gasteiger partial charge in [-0.2, -0.15) is 5.26 Å². The predicted octanol–water partition coefficient (Wildman–Crippen LogP) is 7.58. The van der Waals surface area contributed by atoms with E-state index in [-0.39, 0.29) is 11.7 Å². The zero-order chi connectivity index (χ0) is 28.4. The van der Waals surface area contributed by atoms with Crippen LogP contribution in [0.1, 0.15) is 58.8 Å². The molecule has 10 atom stereocenters. The summed E-state index contributed by atoms with van der Waals surface area (Å²) in [6.07, 6.45) is 36.3. The third-order valence-corrected chi connectivity index (χ3v) is 11.8. The molecule has 4 nitrogen and oxygen atoms in total. The first kappa shape index (κ1) is 26.5. The minimum atomic E-state index is -0.143. The Hall–Kier alpha value is -3.16. The molecule has 216 valence electrons. The van der Waals surface area contributed by atoms with E-state index in [4.69, 9.17) is 4.74 Å². The topological polar surface area (TPSA) is 48.6 Å². The van der Waals surface area contributed by atoms with E-state index in [0.717, 1.165) is 36.5 Å². The van der Waals surface area contributed by atoms with Crippen molar-refractivity contribution in [3.8, 4) is 6.07 Å². The van der Waals surface area contributed by atoms with Crippen LogP contribution in [0.5, 0.6) is 0 Å². The van der Waals surface area contributed by atoms with E-state index in [2.05, 4.69) is 96.6 Å². The van der Waals surface area contributed by atoms with Crippen LogP contribution in [0.4, 0.5) is 0 Å². The first-order chi connectivity index (χ1) is 20.6. The van der Waals surface area contributed by atoms with E-state index in [1.165, 1.54) is 43.4 Å². The lowest BCUT2D eigenvalue weighted by Gasteiger charge is -2.45. The molecule has 0 spiro atoms. The second-order valence-corrected chi connectivity index (χ2v) is 14.1. The van der Waals surface area contributed by atoms with Crippen LogP contribution >= 0.6 is 0 Å². The predicted molar refractivity (Wildman–Crippen MR) is 168 cm³/mol. The van der Waals surface area contributed by atoms with Crippen molar-refractivity contribution < 1.29 is 4.74 Å². The van der Waals surface area contributed by atoms with Crippen LogP contribution in [0.25, 0.3) is 0 Å². The number of aliphatic imine (C=N–C) groups is 1. The number of ether oxygens (including phenoxy) is 1. The number of dihydropyridines is 1. The summed E-state index contributed by atoms with van der Waals surface area (Å²) in [5.74, 6) is 3.20. The summed E-state index contributed by atoms with van der Waals surface area (Å²) in [6.45, 7) is 5.52. The Morgan fingerprint density at radius 1 is 1.10 bits per heavy atom. The van der Waals surface area contributed by atoms with Crippen molar-refractivity contribution in [2.45, 2.75) is 82.6 Å². The third kappa shape index (κ3) is 4.07. The molecule has 0 N–H and O–H groups in total. The summed E-state index contributed by atoms with van der Waals surface area (Å²) in [5.41, 5.74) is 6.17. The maximum absolute atomic E-state index is 9.81. The van der Waals surface area contributed by atoms with Crippen molar-refractivity contribution >= 4 is 6.21 Å². The molecule has 4 heteroatoms. The fraction of sp³-hybridized carbons (Fsp3) is 0.526. The smallest absolute Gasteiger partial charge is 0.0954 e. The lowest BCUT2D eigenvalue weighted by molar-refractivity contribution is 0.00368. The fourth-order valence-corrected chi connectivity index (χ4v) is 9.87. The molecule has 3 aliphatic heterocycles. The molecule has 8 aliphatic rings. The summed E-state index contributed by atoms with van der Waals surface area (Å²) < 4.78 is 6.85. The highest BCUT2D eigenvalue weighted by Crippen LogP contribution is 2.59. The molecule has 0 aromatic rings. The van der Waals surface area contributed by atoms with Crippen LogP contribution in [-0.2, 0) is 4.74 Å². The van der Waals surface area contributed by atoms with Crippen LogP contribution in [0.2, 0.25) is 0 Å². The van der Waals surface area contributed by atoms with Crippen molar-refractivity contribution in [2.75, 3.05) is 6.54 Å². The Morgan fingerprint density at radius 2 is 2.00 bits per heavy atom. The molecule has 0 bridgehead atoms. The van der Waals surface area contributed by atoms with Crippen molar-refractivity contribution in [1.82, 2.24) is 4.90 Å². The highest BCUT2D eigenvalue weighted by Gasteiger charge is 2.58. The van der Waals surface area contributed by atoms with E-state index in [0.29, 0.717) is 41.7 Å². The maximum atomic E-state index is 9.81. The average Bonchev–Trinajstić information content (AvgIpc) is 3.51. The number of nitriles is 1. The minimum absolute atomic E-state index is 0.143. The van der Waals surface area contributed by atoms with Crippen LogP contribution in [0.15, 0.2) is 99.8 Å². The van der Waals surface area contributed by atoms with E-state index >= 15 is 0 Å². The molecule has 10 unspecified atom stereocenters. The highest BCUT2D eigenvalue weighted by atomic mass is 16.5. The Kier molecular flexibility index (Phi) is 6.45. The number of hydrogen-bond acceptors (Lipinski definition) is 4. The number of rotatable bonds is 3. The summed E-state index contributed by atoms with van der Waals surface area (Å²) in [7, 11) is 0. The number of nitrogens with zero attached hydrogens (tertiary/aromatic N) is 3. The van der Waals surface area contributed by atoms with Gasteiger partial charge in [0.25, 0.3) is 0 Å². The molecule has 42 heavy (non-hydrogen) atoms. The van der Waals surface area contributed by atoms with Gasteiger partial charge in [-0.15, -0.1) is 0 Å². The quantitative estimate of drug-likeness (QED) is 0.336. The van der Waals surface area contributed by atoms with Gasteiger partial charge >= 0.3 is 0 Å². The molecular weight excluding hydrogens is 514 g/mol. The molecule has 0 amide bonds. The van der Waals surface area contributed by atoms with Crippen molar-refractivity contribution in [2.24, 2.45) is 40.5 Å². The molecule has 1 saturated heterocycles. The highest BCUT2D eigenvalue weighted by molar-refractivity contribution is 5.89. The van der Waals surface area contributed by atoms with Gasteiger partial charge in [0, 0.05) is 65.7 Å². The molecule has 5 aliphatic carbocycles. The van der Waals surface area contributed by atoms with Crippen molar-refractivity contribution in [3.05, 3.63) is 94.8 Å². The van der Waals surface area contributed by atoms with Gasteiger partial charge in [0.05, 0.1) is 23.8 Å². The Balaban J connectivity index is 1.18. The van der Waals surface area contributed by atoms with Crippen LogP contribution < -0.4 is 0 Å². The van der Waals surface area contributed by atoms with Crippen LogP contribution in [0.3, 0.4) is 0 Å². The normalized spacial score (nSPS) is 43.2. The Bertz CT molecular complexity index is 1480. The van der Waals surface area contributed by atoms with Gasteiger partial charge in [-0.05, 0) is 74.5 Å². The number of fused-ring (bicyclic) bond motifs is 6. The summed E-state index contributed by atoms with van der Waals surface area (Å²) in [5, 5.41) is 9.81. The van der Waals surface area contributed by atoms with Gasteiger partial charge in [0.1, 0.15) is 0 Å². The van der Waals surface area contributed by atoms with E-state index in [1.54, 1.807) is 5.57 Å². The second kappa shape index (κ2) is 10.2.